The topological polar surface area (TPSA) is 17.8 Å². The Morgan fingerprint density at radius 1 is 1.69 bits per heavy atom. The van der Waals surface area contributed by atoms with Crippen molar-refractivity contribution in [3.05, 3.63) is 23.5 Å². The van der Waals surface area contributed by atoms with Crippen molar-refractivity contribution in [2.75, 3.05) is 5.88 Å². The van der Waals surface area contributed by atoms with Gasteiger partial charge in [0.25, 0.3) is 0 Å². The van der Waals surface area contributed by atoms with Gasteiger partial charge in [0.2, 0.25) is 0 Å². The van der Waals surface area contributed by atoms with Crippen molar-refractivity contribution in [3.8, 4) is 0 Å². The molecule has 3 heteroatoms. The average molecular weight is 199 g/mol. The zero-order chi connectivity index (χ0) is 9.84. The lowest BCUT2D eigenvalue weighted by Crippen LogP contribution is -1.99. The quantitative estimate of drug-likeness (QED) is 0.683. The summed E-state index contributed by atoms with van der Waals surface area (Å²) in [5.74, 6) is 0.576. The third kappa shape index (κ3) is 2.88. The van der Waals surface area contributed by atoms with E-state index in [9.17, 15) is 0 Å². The van der Waals surface area contributed by atoms with E-state index in [2.05, 4.69) is 25.0 Å². The van der Waals surface area contributed by atoms with Crippen LogP contribution in [0.5, 0.6) is 0 Å². The molecule has 0 atom stereocenters. The molecule has 0 bridgehead atoms. The number of rotatable bonds is 3. The molecule has 0 saturated heterocycles. The van der Waals surface area contributed by atoms with Crippen molar-refractivity contribution >= 4 is 17.7 Å². The van der Waals surface area contributed by atoms with Gasteiger partial charge in [0.15, 0.2) is 0 Å². The maximum Gasteiger partial charge on any atom is 0.0562 e. The fraction of sp³-hybridized carbons (Fsp3) is 0.500. The Bertz CT molecular complexity index is 300. The van der Waals surface area contributed by atoms with Gasteiger partial charge in [-0.15, -0.1) is 11.6 Å². The largest absolute Gasteiger partial charge is 0.270 e. The molecule has 2 nitrogen and oxygen atoms in total. The van der Waals surface area contributed by atoms with Gasteiger partial charge in [-0.05, 0) is 20.8 Å². The normalized spacial score (nSPS) is 12.5. The molecule has 0 fully saturated rings. The first-order chi connectivity index (χ1) is 6.13. The van der Waals surface area contributed by atoms with Crippen LogP contribution in [-0.2, 0) is 0 Å². The van der Waals surface area contributed by atoms with Crippen LogP contribution in [0.25, 0.3) is 6.08 Å². The van der Waals surface area contributed by atoms with Gasteiger partial charge in [-0.3, -0.25) is 4.68 Å². The fourth-order valence-electron chi connectivity index (χ4n) is 1.03. The molecule has 0 N–H and O–H groups in total. The first-order valence-corrected chi connectivity index (χ1v) is 4.94. The summed E-state index contributed by atoms with van der Waals surface area (Å²) >= 11 is 5.68. The Balaban J connectivity index is 2.80. The Kier molecular flexibility index (Phi) is 3.55. The summed E-state index contributed by atoms with van der Waals surface area (Å²) < 4.78 is 1.94. The van der Waals surface area contributed by atoms with E-state index >= 15 is 0 Å². The molecule has 0 unspecified atom stereocenters. The summed E-state index contributed by atoms with van der Waals surface area (Å²) in [5.41, 5.74) is 2.27. The summed E-state index contributed by atoms with van der Waals surface area (Å²) in [4.78, 5) is 0. The number of alkyl halides is 1. The van der Waals surface area contributed by atoms with Crippen LogP contribution in [0.4, 0.5) is 0 Å². The minimum absolute atomic E-state index is 0.415. The predicted molar refractivity (Wildman–Crippen MR) is 57.0 cm³/mol. The third-order valence-corrected chi connectivity index (χ3v) is 2.20. The van der Waals surface area contributed by atoms with Crippen LogP contribution in [0.1, 0.15) is 32.4 Å². The van der Waals surface area contributed by atoms with E-state index in [1.54, 1.807) is 0 Å². The SMILES string of the molecule is C/C(=C/c1cnn(C(C)C)c1)CCl. The Hall–Kier alpha value is -0.760. The highest BCUT2D eigenvalue weighted by atomic mass is 35.5. The number of allylic oxidation sites excluding steroid dienone is 1. The standard InChI is InChI=1S/C10H15ClN2/c1-8(2)13-7-10(6-12-13)4-9(3)5-11/h4,6-8H,5H2,1-3H3/b9-4-. The highest BCUT2D eigenvalue weighted by Crippen LogP contribution is 2.09. The molecule has 0 aliphatic heterocycles. The average Bonchev–Trinajstić information content (AvgIpc) is 2.52. The van der Waals surface area contributed by atoms with E-state index in [0.717, 1.165) is 11.1 Å². The van der Waals surface area contributed by atoms with Crippen LogP contribution >= 0.6 is 11.6 Å². The smallest absolute Gasteiger partial charge is 0.0562 e. The van der Waals surface area contributed by atoms with Crippen molar-refractivity contribution in [2.45, 2.75) is 26.8 Å². The van der Waals surface area contributed by atoms with E-state index in [1.807, 2.05) is 24.0 Å². The first kappa shape index (κ1) is 10.3. The molecule has 72 valence electrons. The predicted octanol–water partition coefficient (Wildman–Crippen LogP) is 3.11. The highest BCUT2D eigenvalue weighted by molar-refractivity contribution is 6.19. The third-order valence-electron chi connectivity index (χ3n) is 1.77. The summed E-state index contributed by atoms with van der Waals surface area (Å²) in [6, 6.07) is 0.415. The highest BCUT2D eigenvalue weighted by Gasteiger charge is 1.99. The molecule has 0 aromatic carbocycles. The van der Waals surface area contributed by atoms with Crippen molar-refractivity contribution in [3.63, 3.8) is 0 Å². The van der Waals surface area contributed by atoms with E-state index < -0.39 is 0 Å². The van der Waals surface area contributed by atoms with Gasteiger partial charge in [-0.2, -0.15) is 5.10 Å². The van der Waals surface area contributed by atoms with Crippen LogP contribution in [0, 0.1) is 0 Å². The van der Waals surface area contributed by atoms with Gasteiger partial charge in [0.05, 0.1) is 6.20 Å². The first-order valence-electron chi connectivity index (χ1n) is 4.40. The van der Waals surface area contributed by atoms with Crippen LogP contribution in [0.2, 0.25) is 0 Å². The second kappa shape index (κ2) is 4.47. The van der Waals surface area contributed by atoms with Gasteiger partial charge >= 0.3 is 0 Å². The molecule has 1 aromatic heterocycles. The molecule has 0 aliphatic rings. The van der Waals surface area contributed by atoms with Gasteiger partial charge in [0, 0.05) is 23.7 Å². The van der Waals surface area contributed by atoms with Crippen molar-refractivity contribution in [2.24, 2.45) is 0 Å². The van der Waals surface area contributed by atoms with E-state index in [1.165, 1.54) is 0 Å². The van der Waals surface area contributed by atoms with Crippen molar-refractivity contribution in [1.29, 1.82) is 0 Å². The number of hydrogen-bond acceptors (Lipinski definition) is 1. The Morgan fingerprint density at radius 3 is 2.85 bits per heavy atom. The minimum atomic E-state index is 0.415. The summed E-state index contributed by atoms with van der Waals surface area (Å²) in [5, 5.41) is 4.23. The molecule has 0 amide bonds. The minimum Gasteiger partial charge on any atom is -0.270 e. The lowest BCUT2D eigenvalue weighted by atomic mass is 10.2. The molecule has 1 heterocycles. The second-order valence-electron chi connectivity index (χ2n) is 3.47. The monoisotopic (exact) mass is 198 g/mol. The number of aromatic nitrogens is 2. The summed E-state index contributed by atoms with van der Waals surface area (Å²) in [6.07, 6.45) is 5.94. The van der Waals surface area contributed by atoms with E-state index in [0.29, 0.717) is 11.9 Å². The molecule has 0 radical (unpaired) electrons. The van der Waals surface area contributed by atoms with Crippen LogP contribution in [0.3, 0.4) is 0 Å². The van der Waals surface area contributed by atoms with Gasteiger partial charge in [-0.1, -0.05) is 11.6 Å². The molecule has 0 aliphatic carbocycles. The molecule has 0 saturated carbocycles. The zero-order valence-corrected chi connectivity index (χ0v) is 9.04. The number of hydrogen-bond donors (Lipinski definition) is 0. The summed E-state index contributed by atoms with van der Waals surface area (Å²) in [6.45, 7) is 6.23. The molecular weight excluding hydrogens is 184 g/mol. The number of nitrogens with zero attached hydrogens (tertiary/aromatic N) is 2. The summed E-state index contributed by atoms with van der Waals surface area (Å²) in [7, 11) is 0. The Labute approximate surface area is 84.2 Å². The molecule has 1 aromatic rings. The maximum absolute atomic E-state index is 5.68. The molecule has 13 heavy (non-hydrogen) atoms. The van der Waals surface area contributed by atoms with Crippen LogP contribution in [0.15, 0.2) is 18.0 Å². The van der Waals surface area contributed by atoms with E-state index in [4.69, 9.17) is 11.6 Å². The number of halogens is 1. The Morgan fingerprint density at radius 2 is 2.38 bits per heavy atom. The van der Waals surface area contributed by atoms with Gasteiger partial charge in [0.1, 0.15) is 0 Å². The van der Waals surface area contributed by atoms with Crippen LogP contribution < -0.4 is 0 Å². The molecule has 1 rings (SSSR count). The van der Waals surface area contributed by atoms with Crippen molar-refractivity contribution < 1.29 is 0 Å². The van der Waals surface area contributed by atoms with Gasteiger partial charge < -0.3 is 0 Å². The second-order valence-corrected chi connectivity index (χ2v) is 3.74. The lowest BCUT2D eigenvalue weighted by molar-refractivity contribution is 0.532. The maximum atomic E-state index is 5.68. The zero-order valence-electron chi connectivity index (χ0n) is 8.29. The van der Waals surface area contributed by atoms with Gasteiger partial charge in [-0.25, -0.2) is 0 Å². The van der Waals surface area contributed by atoms with Crippen LogP contribution in [-0.4, -0.2) is 15.7 Å². The lowest BCUT2D eigenvalue weighted by Gasteiger charge is -2.02. The van der Waals surface area contributed by atoms with Crippen molar-refractivity contribution in [1.82, 2.24) is 9.78 Å². The molecule has 0 spiro atoms. The van der Waals surface area contributed by atoms with E-state index in [-0.39, 0.29) is 0 Å². The fourth-order valence-corrected chi connectivity index (χ4v) is 1.11. The molecular formula is C10H15ClN2.